The molecule has 18 heavy (non-hydrogen) atoms. The van der Waals surface area contributed by atoms with Gasteiger partial charge in [-0.3, -0.25) is 4.79 Å². The standard InChI is InChI=1S/C12H13Br2ClINO/c1-2-12(6-13,7-14)17-11(18)9-5-8(15)3-4-10(9)16/h3-5H,2,6-7H2,1H3,(H,17,18). The molecule has 0 unspecified atom stereocenters. The molecule has 0 saturated heterocycles. The maximum Gasteiger partial charge on any atom is 0.252 e. The smallest absolute Gasteiger partial charge is 0.252 e. The van der Waals surface area contributed by atoms with E-state index in [0.29, 0.717) is 21.2 Å². The molecule has 0 spiro atoms. The summed E-state index contributed by atoms with van der Waals surface area (Å²) in [5.74, 6) is -0.0948. The summed E-state index contributed by atoms with van der Waals surface area (Å²) >= 11 is 15.0. The third-order valence-corrected chi connectivity index (χ3v) is 6.06. The van der Waals surface area contributed by atoms with Crippen LogP contribution in [0.2, 0.25) is 5.02 Å². The van der Waals surface area contributed by atoms with Gasteiger partial charge >= 0.3 is 0 Å². The summed E-state index contributed by atoms with van der Waals surface area (Å²) in [4.78, 5) is 12.3. The summed E-state index contributed by atoms with van der Waals surface area (Å²) in [6.07, 6.45) is 0.840. The minimum absolute atomic E-state index is 0.0948. The van der Waals surface area contributed by atoms with Crippen LogP contribution in [0.1, 0.15) is 23.7 Å². The van der Waals surface area contributed by atoms with Crippen molar-refractivity contribution in [3.8, 4) is 0 Å². The quantitative estimate of drug-likeness (QED) is 0.456. The molecule has 0 aliphatic heterocycles. The van der Waals surface area contributed by atoms with Gasteiger partial charge in [0.25, 0.3) is 5.91 Å². The van der Waals surface area contributed by atoms with Crippen molar-refractivity contribution in [2.24, 2.45) is 0 Å². The SMILES string of the molecule is CCC(CBr)(CBr)NC(=O)c1cc(Cl)ccc1I. The van der Waals surface area contributed by atoms with Crippen LogP contribution in [0.15, 0.2) is 18.2 Å². The summed E-state index contributed by atoms with van der Waals surface area (Å²) in [5, 5.41) is 5.04. The van der Waals surface area contributed by atoms with Crippen LogP contribution in [0, 0.1) is 3.57 Å². The average Bonchev–Trinajstić information content (AvgIpc) is 2.38. The molecule has 1 aromatic rings. The number of hydrogen-bond acceptors (Lipinski definition) is 1. The van der Waals surface area contributed by atoms with E-state index in [1.54, 1.807) is 12.1 Å². The van der Waals surface area contributed by atoms with Crippen molar-refractivity contribution in [3.05, 3.63) is 32.4 Å². The molecule has 2 nitrogen and oxygen atoms in total. The first-order valence-corrected chi connectivity index (χ1v) is 9.07. The number of hydrogen-bond donors (Lipinski definition) is 1. The summed E-state index contributed by atoms with van der Waals surface area (Å²) in [5.41, 5.74) is 0.338. The minimum atomic E-state index is -0.275. The third kappa shape index (κ3) is 4.08. The molecule has 0 atom stereocenters. The number of carbonyl (C=O) groups is 1. The number of carbonyl (C=O) groups excluding carboxylic acids is 1. The van der Waals surface area contributed by atoms with E-state index in [-0.39, 0.29) is 11.4 Å². The molecule has 1 rings (SSSR count). The second-order valence-corrected chi connectivity index (χ2v) is 6.70. The van der Waals surface area contributed by atoms with E-state index >= 15 is 0 Å². The van der Waals surface area contributed by atoms with Gasteiger partial charge < -0.3 is 5.32 Å². The highest BCUT2D eigenvalue weighted by Gasteiger charge is 2.28. The number of nitrogens with one attached hydrogen (secondary N) is 1. The Morgan fingerprint density at radius 1 is 1.44 bits per heavy atom. The molecule has 0 aromatic heterocycles. The molecule has 1 aromatic carbocycles. The molecule has 1 amide bonds. The lowest BCUT2D eigenvalue weighted by Crippen LogP contribution is -2.51. The molecule has 0 saturated carbocycles. The Hall–Kier alpha value is 0.670. The van der Waals surface area contributed by atoms with Gasteiger partial charge in [0.2, 0.25) is 0 Å². The number of amides is 1. The van der Waals surface area contributed by atoms with E-state index in [9.17, 15) is 4.79 Å². The Morgan fingerprint density at radius 3 is 2.56 bits per heavy atom. The largest absolute Gasteiger partial charge is 0.345 e. The van der Waals surface area contributed by atoms with Gasteiger partial charge in [0.05, 0.1) is 11.1 Å². The Labute approximate surface area is 143 Å². The lowest BCUT2D eigenvalue weighted by atomic mass is 10.0. The van der Waals surface area contributed by atoms with Crippen LogP contribution >= 0.6 is 66.1 Å². The van der Waals surface area contributed by atoms with E-state index in [1.165, 1.54) is 0 Å². The molecule has 100 valence electrons. The Kier molecular flexibility index (Phi) is 6.92. The Bertz CT molecular complexity index is 430. The molecule has 1 N–H and O–H groups in total. The van der Waals surface area contributed by atoms with Gasteiger partial charge in [0.15, 0.2) is 0 Å². The lowest BCUT2D eigenvalue weighted by Gasteiger charge is -2.30. The summed E-state index contributed by atoms with van der Waals surface area (Å²) in [6, 6.07) is 5.32. The molecule has 6 heteroatoms. The predicted octanol–water partition coefficient (Wildman–Crippen LogP) is 4.61. The minimum Gasteiger partial charge on any atom is -0.345 e. The van der Waals surface area contributed by atoms with Crippen LogP contribution in [-0.4, -0.2) is 22.1 Å². The summed E-state index contributed by atoms with van der Waals surface area (Å²) < 4.78 is 0.892. The van der Waals surface area contributed by atoms with Crippen molar-refractivity contribution >= 4 is 72.0 Å². The molecule has 0 aliphatic rings. The highest BCUT2D eigenvalue weighted by Crippen LogP contribution is 2.21. The molecule has 0 bridgehead atoms. The highest BCUT2D eigenvalue weighted by molar-refractivity contribution is 14.1. The van der Waals surface area contributed by atoms with Crippen molar-refractivity contribution in [1.82, 2.24) is 5.32 Å². The third-order valence-electron chi connectivity index (χ3n) is 2.74. The van der Waals surface area contributed by atoms with Crippen LogP contribution in [0.4, 0.5) is 0 Å². The van der Waals surface area contributed by atoms with E-state index in [1.807, 2.05) is 13.0 Å². The van der Waals surface area contributed by atoms with Crippen molar-refractivity contribution in [1.29, 1.82) is 0 Å². The fourth-order valence-electron chi connectivity index (χ4n) is 1.36. The first-order valence-electron chi connectivity index (χ1n) is 5.37. The van der Waals surface area contributed by atoms with Gasteiger partial charge in [-0.25, -0.2) is 0 Å². The highest BCUT2D eigenvalue weighted by atomic mass is 127. The normalized spacial score (nSPS) is 11.4. The zero-order valence-electron chi connectivity index (χ0n) is 9.77. The number of alkyl halides is 2. The Balaban J connectivity index is 2.97. The van der Waals surface area contributed by atoms with Crippen molar-refractivity contribution < 1.29 is 4.79 Å². The first-order chi connectivity index (χ1) is 8.48. The first kappa shape index (κ1) is 16.7. The van der Waals surface area contributed by atoms with E-state index in [4.69, 9.17) is 11.6 Å². The number of benzene rings is 1. The molecular weight excluding hydrogens is 496 g/mol. The molecule has 0 radical (unpaired) electrons. The van der Waals surface area contributed by atoms with Crippen molar-refractivity contribution in [2.45, 2.75) is 18.9 Å². The summed E-state index contributed by atoms with van der Waals surface area (Å²) in [6.45, 7) is 2.05. The molecule has 0 fully saturated rings. The predicted molar refractivity (Wildman–Crippen MR) is 92.2 cm³/mol. The second-order valence-electron chi connectivity index (χ2n) is 3.98. The van der Waals surface area contributed by atoms with E-state index in [0.717, 1.165) is 9.99 Å². The van der Waals surface area contributed by atoms with Crippen molar-refractivity contribution in [2.75, 3.05) is 10.7 Å². The van der Waals surface area contributed by atoms with Crippen LogP contribution in [0.3, 0.4) is 0 Å². The van der Waals surface area contributed by atoms with Crippen LogP contribution in [0.25, 0.3) is 0 Å². The maximum absolute atomic E-state index is 12.3. The van der Waals surface area contributed by atoms with Crippen LogP contribution in [-0.2, 0) is 0 Å². The van der Waals surface area contributed by atoms with Gasteiger partial charge in [-0.05, 0) is 47.2 Å². The van der Waals surface area contributed by atoms with Gasteiger partial charge in [-0.1, -0.05) is 50.4 Å². The maximum atomic E-state index is 12.3. The Morgan fingerprint density at radius 2 is 2.06 bits per heavy atom. The summed E-state index contributed by atoms with van der Waals surface area (Å²) in [7, 11) is 0. The second kappa shape index (κ2) is 7.45. The van der Waals surface area contributed by atoms with E-state index < -0.39 is 0 Å². The van der Waals surface area contributed by atoms with Gasteiger partial charge in [0, 0.05) is 19.3 Å². The van der Waals surface area contributed by atoms with Gasteiger partial charge in [-0.2, -0.15) is 0 Å². The average molecular weight is 509 g/mol. The number of halogens is 4. The lowest BCUT2D eigenvalue weighted by molar-refractivity contribution is 0.0914. The monoisotopic (exact) mass is 507 g/mol. The zero-order chi connectivity index (χ0) is 13.8. The van der Waals surface area contributed by atoms with Gasteiger partial charge in [0.1, 0.15) is 0 Å². The number of rotatable bonds is 5. The fraction of sp³-hybridized carbons (Fsp3) is 0.417. The van der Waals surface area contributed by atoms with Crippen LogP contribution < -0.4 is 5.32 Å². The van der Waals surface area contributed by atoms with Crippen molar-refractivity contribution in [3.63, 3.8) is 0 Å². The fourth-order valence-corrected chi connectivity index (χ4v) is 4.11. The molecule has 0 heterocycles. The topological polar surface area (TPSA) is 29.1 Å². The molecular formula is C12H13Br2ClINO. The van der Waals surface area contributed by atoms with E-state index in [2.05, 4.69) is 59.8 Å². The molecule has 0 aliphatic carbocycles. The van der Waals surface area contributed by atoms with Gasteiger partial charge in [-0.15, -0.1) is 0 Å². The zero-order valence-corrected chi connectivity index (χ0v) is 15.9. The van der Waals surface area contributed by atoms with Crippen LogP contribution in [0.5, 0.6) is 0 Å².